The van der Waals surface area contributed by atoms with Crippen molar-refractivity contribution >= 4 is 17.7 Å². The largest absolute Gasteiger partial charge is 0.480 e. The van der Waals surface area contributed by atoms with Crippen LogP contribution in [0.15, 0.2) is 0 Å². The third-order valence-electron chi connectivity index (χ3n) is 1.80. The zero-order chi connectivity index (χ0) is 11.0. The molecule has 0 aliphatic rings. The highest BCUT2D eigenvalue weighted by atomic mass is 32.2. The van der Waals surface area contributed by atoms with Crippen LogP contribution in [-0.2, 0) is 4.79 Å². The monoisotopic (exact) mass is 219 g/mol. The minimum Gasteiger partial charge on any atom is -0.480 e. The van der Waals surface area contributed by atoms with E-state index in [4.69, 9.17) is 5.11 Å². The first-order chi connectivity index (χ1) is 6.57. The van der Waals surface area contributed by atoms with Gasteiger partial charge in [-0.1, -0.05) is 20.8 Å². The Balaban J connectivity index is 3.68. The van der Waals surface area contributed by atoms with Gasteiger partial charge >= 0.3 is 5.97 Å². The van der Waals surface area contributed by atoms with Gasteiger partial charge in [-0.2, -0.15) is 11.8 Å². The number of thioether (sulfide) groups is 1. The fraction of sp³-hybridized carbons (Fsp3) is 0.900. The van der Waals surface area contributed by atoms with Crippen molar-refractivity contribution in [1.29, 1.82) is 0 Å². The van der Waals surface area contributed by atoms with Crippen molar-refractivity contribution in [2.75, 3.05) is 12.3 Å². The van der Waals surface area contributed by atoms with E-state index in [1.165, 1.54) is 0 Å². The smallest absolute Gasteiger partial charge is 0.320 e. The van der Waals surface area contributed by atoms with E-state index in [9.17, 15) is 4.79 Å². The quantitative estimate of drug-likeness (QED) is 0.655. The molecular weight excluding hydrogens is 198 g/mol. The van der Waals surface area contributed by atoms with Crippen LogP contribution in [0.5, 0.6) is 0 Å². The molecule has 0 fully saturated rings. The Morgan fingerprint density at radius 1 is 1.50 bits per heavy atom. The van der Waals surface area contributed by atoms with Gasteiger partial charge in [0.15, 0.2) is 0 Å². The molecule has 0 amide bonds. The lowest BCUT2D eigenvalue weighted by atomic mass is 10.2. The molecule has 0 bridgehead atoms. The zero-order valence-electron chi connectivity index (χ0n) is 9.25. The van der Waals surface area contributed by atoms with Crippen molar-refractivity contribution in [3.8, 4) is 0 Å². The Morgan fingerprint density at radius 2 is 2.14 bits per heavy atom. The number of rotatable bonds is 8. The second kappa shape index (κ2) is 8.12. The van der Waals surface area contributed by atoms with Crippen LogP contribution in [0.4, 0.5) is 0 Å². The van der Waals surface area contributed by atoms with Gasteiger partial charge in [-0.25, -0.2) is 0 Å². The highest BCUT2D eigenvalue weighted by Gasteiger charge is 2.15. The average Bonchev–Trinajstić information content (AvgIpc) is 2.09. The highest BCUT2D eigenvalue weighted by molar-refractivity contribution is 7.99. The van der Waals surface area contributed by atoms with Gasteiger partial charge in [0.25, 0.3) is 0 Å². The molecule has 0 aliphatic carbocycles. The van der Waals surface area contributed by atoms with E-state index >= 15 is 0 Å². The Labute approximate surface area is 90.7 Å². The van der Waals surface area contributed by atoms with E-state index in [2.05, 4.69) is 19.2 Å². The predicted octanol–water partition coefficient (Wildman–Crippen LogP) is 1.97. The first kappa shape index (κ1) is 13.8. The molecule has 0 radical (unpaired) electrons. The Morgan fingerprint density at radius 3 is 2.57 bits per heavy atom. The number of aliphatic carboxylic acids is 1. The van der Waals surface area contributed by atoms with Gasteiger partial charge in [-0.15, -0.1) is 0 Å². The fourth-order valence-electron chi connectivity index (χ4n) is 1.05. The molecule has 0 aromatic heterocycles. The van der Waals surface area contributed by atoms with Crippen LogP contribution in [0.2, 0.25) is 0 Å². The van der Waals surface area contributed by atoms with E-state index < -0.39 is 5.97 Å². The molecule has 0 saturated carbocycles. The lowest BCUT2D eigenvalue weighted by Crippen LogP contribution is -2.37. The third kappa shape index (κ3) is 7.21. The molecule has 4 heteroatoms. The number of hydrogen-bond acceptors (Lipinski definition) is 3. The maximum atomic E-state index is 10.8. The summed E-state index contributed by atoms with van der Waals surface area (Å²) >= 11 is 1.81. The fourth-order valence-corrected chi connectivity index (χ4v) is 1.90. The summed E-state index contributed by atoms with van der Waals surface area (Å²) in [5.74, 6) is 0.175. The van der Waals surface area contributed by atoms with E-state index in [-0.39, 0.29) is 6.04 Å². The summed E-state index contributed by atoms with van der Waals surface area (Å²) in [7, 11) is 0. The molecule has 0 saturated heterocycles. The summed E-state index contributed by atoms with van der Waals surface area (Å²) in [6.07, 6.45) is 1.68. The van der Waals surface area contributed by atoms with Crippen molar-refractivity contribution < 1.29 is 9.90 Å². The minimum absolute atomic E-state index is 0.374. The standard InChI is InChI=1S/C10H21NO2S/c1-4-6-11-9(10(12)13)5-7-14-8(2)3/h8-9,11H,4-7H2,1-3H3,(H,12,13). The molecule has 84 valence electrons. The molecule has 1 atom stereocenters. The summed E-state index contributed by atoms with van der Waals surface area (Å²) in [4.78, 5) is 10.8. The van der Waals surface area contributed by atoms with Crippen molar-refractivity contribution in [1.82, 2.24) is 5.32 Å². The molecule has 1 unspecified atom stereocenters. The third-order valence-corrected chi connectivity index (χ3v) is 2.93. The van der Waals surface area contributed by atoms with Crippen LogP contribution in [0, 0.1) is 0 Å². The summed E-state index contributed by atoms with van der Waals surface area (Å²) in [6, 6.07) is -0.374. The minimum atomic E-state index is -0.734. The van der Waals surface area contributed by atoms with Crippen LogP contribution in [0.25, 0.3) is 0 Å². The lowest BCUT2D eigenvalue weighted by Gasteiger charge is -2.14. The van der Waals surface area contributed by atoms with Crippen LogP contribution in [0.3, 0.4) is 0 Å². The SMILES string of the molecule is CCCNC(CCSC(C)C)C(=O)O. The molecule has 2 N–H and O–H groups in total. The second-order valence-electron chi connectivity index (χ2n) is 3.55. The molecule has 0 aliphatic heterocycles. The molecular formula is C10H21NO2S. The van der Waals surface area contributed by atoms with Gasteiger partial charge < -0.3 is 10.4 Å². The van der Waals surface area contributed by atoms with Crippen molar-refractivity contribution in [3.63, 3.8) is 0 Å². The Bertz CT molecular complexity index is 162. The van der Waals surface area contributed by atoms with Crippen molar-refractivity contribution in [2.45, 2.75) is 44.9 Å². The topological polar surface area (TPSA) is 49.3 Å². The number of carboxylic acid groups (broad SMARTS) is 1. The first-order valence-electron chi connectivity index (χ1n) is 5.15. The lowest BCUT2D eigenvalue weighted by molar-refractivity contribution is -0.139. The second-order valence-corrected chi connectivity index (χ2v) is 5.24. The van der Waals surface area contributed by atoms with Gasteiger partial charge in [0, 0.05) is 0 Å². The molecule has 0 spiro atoms. The number of hydrogen-bond donors (Lipinski definition) is 2. The van der Waals surface area contributed by atoms with Crippen LogP contribution in [0.1, 0.15) is 33.6 Å². The van der Waals surface area contributed by atoms with Crippen molar-refractivity contribution in [3.05, 3.63) is 0 Å². The van der Waals surface area contributed by atoms with E-state index in [0.29, 0.717) is 11.7 Å². The van der Waals surface area contributed by atoms with Gasteiger partial charge in [0.05, 0.1) is 0 Å². The van der Waals surface area contributed by atoms with Gasteiger partial charge in [-0.05, 0) is 30.4 Å². The summed E-state index contributed by atoms with van der Waals surface area (Å²) < 4.78 is 0. The zero-order valence-corrected chi connectivity index (χ0v) is 10.1. The summed E-state index contributed by atoms with van der Waals surface area (Å²) in [5, 5.41) is 12.5. The number of carboxylic acids is 1. The normalized spacial score (nSPS) is 13.1. The van der Waals surface area contributed by atoms with Crippen LogP contribution >= 0.6 is 11.8 Å². The van der Waals surface area contributed by atoms with E-state index in [1.807, 2.05) is 18.7 Å². The predicted molar refractivity (Wildman–Crippen MR) is 61.9 cm³/mol. The summed E-state index contributed by atoms with van der Waals surface area (Å²) in [6.45, 7) is 7.07. The Hall–Kier alpha value is -0.220. The van der Waals surface area contributed by atoms with Crippen LogP contribution < -0.4 is 5.32 Å². The molecule has 0 rings (SSSR count). The molecule has 0 heterocycles. The maximum Gasteiger partial charge on any atom is 0.320 e. The van der Waals surface area contributed by atoms with Gasteiger partial charge in [0.2, 0.25) is 0 Å². The number of carbonyl (C=O) groups is 1. The Kier molecular flexibility index (Phi) is 7.99. The molecule has 14 heavy (non-hydrogen) atoms. The summed E-state index contributed by atoms with van der Waals surface area (Å²) in [5.41, 5.74) is 0. The molecule has 0 aromatic rings. The van der Waals surface area contributed by atoms with E-state index in [0.717, 1.165) is 18.7 Å². The maximum absolute atomic E-state index is 10.8. The van der Waals surface area contributed by atoms with Crippen molar-refractivity contribution in [2.24, 2.45) is 0 Å². The van der Waals surface area contributed by atoms with E-state index in [1.54, 1.807) is 0 Å². The first-order valence-corrected chi connectivity index (χ1v) is 6.20. The highest BCUT2D eigenvalue weighted by Crippen LogP contribution is 2.11. The molecule has 3 nitrogen and oxygen atoms in total. The average molecular weight is 219 g/mol. The molecule has 0 aromatic carbocycles. The van der Waals surface area contributed by atoms with Crippen LogP contribution in [-0.4, -0.2) is 34.7 Å². The number of nitrogens with one attached hydrogen (secondary N) is 1. The van der Waals surface area contributed by atoms with Gasteiger partial charge in [-0.3, -0.25) is 4.79 Å². The van der Waals surface area contributed by atoms with Gasteiger partial charge in [0.1, 0.15) is 6.04 Å².